The molecule has 8 rings (SSSR count). The van der Waals surface area contributed by atoms with E-state index < -0.39 is 18.0 Å². The Morgan fingerprint density at radius 3 is 2.58 bits per heavy atom. The van der Waals surface area contributed by atoms with Crippen molar-refractivity contribution in [1.29, 1.82) is 0 Å². The van der Waals surface area contributed by atoms with Gasteiger partial charge in [0.2, 0.25) is 0 Å². The zero-order valence-electron chi connectivity index (χ0n) is 29.8. The molecule has 0 radical (unpaired) electrons. The van der Waals surface area contributed by atoms with Gasteiger partial charge in [-0.2, -0.15) is 0 Å². The number of amides is 1. The van der Waals surface area contributed by atoms with E-state index in [0.29, 0.717) is 54.1 Å². The molecular weight excluding hydrogens is 610 g/mol. The molecule has 1 aromatic rings. The molecule has 7 aliphatic rings. The first kappa shape index (κ1) is 33.2. The van der Waals surface area contributed by atoms with Crippen LogP contribution in [-0.2, 0) is 23.7 Å². The Morgan fingerprint density at radius 1 is 1.06 bits per heavy atom. The van der Waals surface area contributed by atoms with Crippen LogP contribution in [0.15, 0.2) is 12.4 Å². The topological polar surface area (TPSA) is 123 Å². The minimum Gasteiger partial charge on any atom is -0.457 e. The number of hydrogen-bond donors (Lipinski definition) is 2. The van der Waals surface area contributed by atoms with Gasteiger partial charge in [-0.1, -0.05) is 20.8 Å². The Labute approximate surface area is 285 Å². The number of aromatic nitrogens is 2. The third-order valence-corrected chi connectivity index (χ3v) is 15.2. The molecule has 2 N–H and O–H groups in total. The Hall–Kier alpha value is -2.01. The number of carbonyl (C=O) groups is 2. The fraction of sp³-hybridized carbons (Fsp3) is 0.868. The van der Waals surface area contributed by atoms with Gasteiger partial charge in [-0.25, -0.2) is 4.98 Å². The molecule has 0 bridgehead atoms. The van der Waals surface area contributed by atoms with Gasteiger partial charge in [0.05, 0.1) is 37.1 Å². The molecule has 9 unspecified atom stereocenters. The van der Waals surface area contributed by atoms with Gasteiger partial charge in [-0.15, -0.1) is 0 Å². The first-order chi connectivity index (χ1) is 22.7. The summed E-state index contributed by atoms with van der Waals surface area (Å²) in [6.07, 6.45) is 13.9. The summed E-state index contributed by atoms with van der Waals surface area (Å²) in [6.45, 7) is 13.8. The number of aromatic amines is 1. The van der Waals surface area contributed by atoms with E-state index in [4.69, 9.17) is 18.9 Å². The maximum Gasteiger partial charge on any atom is 0.303 e. The third kappa shape index (κ3) is 4.89. The summed E-state index contributed by atoms with van der Waals surface area (Å²) in [5.74, 6) is 2.43. The van der Waals surface area contributed by atoms with Gasteiger partial charge < -0.3 is 33.9 Å². The lowest BCUT2D eigenvalue weighted by Crippen LogP contribution is -2.56. The largest absolute Gasteiger partial charge is 0.457 e. The maximum absolute atomic E-state index is 13.0. The number of rotatable bonds is 6. The quantitative estimate of drug-likeness (QED) is 0.382. The van der Waals surface area contributed by atoms with Crippen LogP contribution in [0.4, 0.5) is 0 Å². The van der Waals surface area contributed by atoms with Crippen LogP contribution in [0.3, 0.4) is 0 Å². The average Bonchev–Trinajstić information content (AvgIpc) is 3.28. The molecule has 5 aliphatic carbocycles. The van der Waals surface area contributed by atoms with Crippen LogP contribution in [0.1, 0.15) is 116 Å². The Kier molecular flexibility index (Phi) is 7.77. The van der Waals surface area contributed by atoms with E-state index in [1.54, 1.807) is 31.1 Å². The monoisotopic (exact) mass is 667 g/mol. The molecule has 0 aromatic carbocycles. The molecule has 12 atom stereocenters. The molecule has 10 nitrogen and oxygen atoms in total. The highest BCUT2D eigenvalue weighted by atomic mass is 16.7. The van der Waals surface area contributed by atoms with Crippen molar-refractivity contribution in [1.82, 2.24) is 14.9 Å². The summed E-state index contributed by atoms with van der Waals surface area (Å²) in [7, 11) is 0. The van der Waals surface area contributed by atoms with Gasteiger partial charge in [0.1, 0.15) is 0 Å². The summed E-state index contributed by atoms with van der Waals surface area (Å²) in [6, 6.07) is 0. The van der Waals surface area contributed by atoms with Crippen LogP contribution in [-0.4, -0.2) is 87.9 Å². The van der Waals surface area contributed by atoms with Gasteiger partial charge in [0.25, 0.3) is 5.91 Å². The van der Waals surface area contributed by atoms with Crippen LogP contribution in [0, 0.1) is 45.3 Å². The van der Waals surface area contributed by atoms with Crippen molar-refractivity contribution in [3.8, 4) is 0 Å². The van der Waals surface area contributed by atoms with E-state index in [1.165, 1.54) is 45.4 Å². The van der Waals surface area contributed by atoms with Gasteiger partial charge in [-0.05, 0) is 123 Å². The average molecular weight is 668 g/mol. The number of fused-ring (bicyclic) bond motifs is 4. The highest BCUT2D eigenvalue weighted by Crippen LogP contribution is 2.87. The molecule has 7 fully saturated rings. The molecule has 266 valence electrons. The van der Waals surface area contributed by atoms with Crippen molar-refractivity contribution in [2.45, 2.75) is 142 Å². The lowest BCUT2D eigenvalue weighted by molar-refractivity contribution is -0.241. The Morgan fingerprint density at radius 2 is 1.85 bits per heavy atom. The number of morpholine rings is 1. The molecule has 2 aliphatic heterocycles. The second-order valence-corrected chi connectivity index (χ2v) is 18.1. The summed E-state index contributed by atoms with van der Waals surface area (Å²) < 4.78 is 25.4. The van der Waals surface area contributed by atoms with E-state index >= 15 is 0 Å². The fourth-order valence-electron chi connectivity index (χ4n) is 13.2. The van der Waals surface area contributed by atoms with Crippen LogP contribution in [0.5, 0.6) is 0 Å². The summed E-state index contributed by atoms with van der Waals surface area (Å²) in [4.78, 5) is 33.8. The summed E-state index contributed by atoms with van der Waals surface area (Å²) in [5.41, 5.74) is -0.0334. The van der Waals surface area contributed by atoms with Crippen LogP contribution < -0.4 is 0 Å². The molecule has 3 heterocycles. The molecule has 1 aromatic heterocycles. The summed E-state index contributed by atoms with van der Waals surface area (Å²) in [5, 5.41) is 10.9. The number of aliphatic hydroxyl groups is 1. The second kappa shape index (κ2) is 11.2. The van der Waals surface area contributed by atoms with Gasteiger partial charge in [0.15, 0.2) is 18.2 Å². The zero-order valence-corrected chi connectivity index (χ0v) is 29.8. The minimum atomic E-state index is -1.16. The molecule has 1 amide bonds. The van der Waals surface area contributed by atoms with Crippen LogP contribution in [0.2, 0.25) is 0 Å². The molecule has 2 saturated heterocycles. The molecule has 10 heteroatoms. The van der Waals surface area contributed by atoms with Crippen LogP contribution in [0.25, 0.3) is 0 Å². The lowest BCUT2D eigenvalue weighted by atomic mass is 9.46. The normalized spacial score (nSPS) is 45.1. The molecule has 2 spiro atoms. The van der Waals surface area contributed by atoms with Crippen LogP contribution >= 0.6 is 0 Å². The molecule has 48 heavy (non-hydrogen) atoms. The predicted octanol–water partition coefficient (Wildman–Crippen LogP) is 5.50. The molecular formula is C38H57N3O7. The van der Waals surface area contributed by atoms with E-state index in [-0.39, 0.29) is 41.0 Å². The number of hydrogen-bond acceptors (Lipinski definition) is 8. The van der Waals surface area contributed by atoms with Crippen molar-refractivity contribution in [3.63, 3.8) is 0 Å². The predicted molar refractivity (Wildman–Crippen MR) is 177 cm³/mol. The number of H-pyrrole nitrogens is 1. The van der Waals surface area contributed by atoms with E-state index in [2.05, 4.69) is 30.7 Å². The number of imidazole rings is 1. The smallest absolute Gasteiger partial charge is 0.303 e. The second-order valence-electron chi connectivity index (χ2n) is 18.1. The van der Waals surface area contributed by atoms with Gasteiger partial charge in [-0.3, -0.25) is 9.59 Å². The van der Waals surface area contributed by atoms with Crippen molar-refractivity contribution in [3.05, 3.63) is 18.2 Å². The Bertz CT molecular complexity index is 1410. The number of ether oxygens (including phenoxy) is 4. The SMILES string of the molecule is CC(=O)O[C@@H](C1CCC2C(CC3C4CCC5C(C)(C)[C@@H](OC6CN(C(=O)c7ncc[nH]7)CCO6)CCC56C[C@@]46CCC23C)O1)C(C)(C)O. The van der Waals surface area contributed by atoms with Gasteiger partial charge >= 0.3 is 5.97 Å². The Balaban J connectivity index is 0.956. The van der Waals surface area contributed by atoms with Crippen molar-refractivity contribution in [2.75, 3.05) is 19.7 Å². The van der Waals surface area contributed by atoms with E-state index in [0.717, 1.165) is 31.6 Å². The van der Waals surface area contributed by atoms with Crippen molar-refractivity contribution in [2.24, 2.45) is 45.3 Å². The van der Waals surface area contributed by atoms with Crippen molar-refractivity contribution < 1.29 is 33.6 Å². The first-order valence-corrected chi connectivity index (χ1v) is 18.8. The zero-order chi connectivity index (χ0) is 33.9. The fourth-order valence-corrected chi connectivity index (χ4v) is 13.2. The number of carbonyl (C=O) groups excluding carboxylic acids is 2. The van der Waals surface area contributed by atoms with E-state index in [1.807, 2.05) is 0 Å². The lowest BCUT2D eigenvalue weighted by Gasteiger charge is -2.60. The molecule has 5 saturated carbocycles. The standard InChI is InChI=1S/C38H57N3O7/c1-22(42)46-31(35(4,5)44)26-9-7-24-27(47-26)19-25-23-8-10-28-34(2,3)29(11-12-38(28)21-37(23,38)14-13-36(24,25)6)48-30-20-41(17-18-45-30)33(43)32-39-15-16-40-32/h15-16,23-31,44H,7-14,17-21H2,1-6H3,(H,39,40)/t23?,24?,25?,26?,27?,28?,29-,30?,31-,36?,37-,38?/m0/s1. The maximum atomic E-state index is 13.0. The summed E-state index contributed by atoms with van der Waals surface area (Å²) >= 11 is 0. The number of nitrogens with zero attached hydrogens (tertiary/aromatic N) is 2. The van der Waals surface area contributed by atoms with Gasteiger partial charge in [0, 0.05) is 25.9 Å². The third-order valence-electron chi connectivity index (χ3n) is 15.2. The highest BCUT2D eigenvalue weighted by Gasteiger charge is 2.80. The first-order valence-electron chi connectivity index (χ1n) is 18.8. The number of esters is 1. The van der Waals surface area contributed by atoms with E-state index in [9.17, 15) is 14.7 Å². The van der Waals surface area contributed by atoms with Crippen molar-refractivity contribution >= 4 is 11.9 Å². The number of nitrogens with one attached hydrogen (secondary N) is 1. The minimum absolute atomic E-state index is 0.0208. The highest BCUT2D eigenvalue weighted by molar-refractivity contribution is 5.90.